The Balaban J connectivity index is 1.51. The number of nitrogens with zero attached hydrogens (tertiary/aromatic N) is 2. The minimum atomic E-state index is -4.35. The van der Waals surface area contributed by atoms with Crippen molar-refractivity contribution in [1.29, 1.82) is 0 Å². The van der Waals surface area contributed by atoms with Crippen LogP contribution in [0.25, 0.3) is 22.2 Å². The molecule has 4 rings (SSSR count). The van der Waals surface area contributed by atoms with Crippen LogP contribution in [-0.4, -0.2) is 21.0 Å². The molecule has 2 aromatic heterocycles. The fourth-order valence-corrected chi connectivity index (χ4v) is 3.06. The molecule has 0 spiro atoms. The third-order valence-corrected chi connectivity index (χ3v) is 4.55. The average Bonchev–Trinajstić information content (AvgIpc) is 3.13. The van der Waals surface area contributed by atoms with Gasteiger partial charge in [-0.05, 0) is 61.7 Å². The summed E-state index contributed by atoms with van der Waals surface area (Å²) in [4.78, 5) is 12.0. The third-order valence-electron chi connectivity index (χ3n) is 4.55. The zero-order chi connectivity index (χ0) is 22.0. The molecule has 0 aliphatic rings. The second-order valence-corrected chi connectivity index (χ2v) is 7.37. The van der Waals surface area contributed by atoms with E-state index in [1.807, 2.05) is 32.0 Å². The number of hydrogen-bond acceptors (Lipinski definition) is 3. The molecule has 0 aliphatic carbocycles. The van der Waals surface area contributed by atoms with Crippen molar-refractivity contribution in [3.05, 3.63) is 77.6 Å². The highest BCUT2D eigenvalue weighted by Crippen LogP contribution is 2.30. The molecule has 156 valence electrons. The standard InChI is InChI=1S/C24H19F3N4/c1-15(2)29-23-30-21-12-4-16(13-22(21)31-23)3-10-20-11-7-18(14-28-20)17-5-8-19(9-6-17)24(25,26)27/h4-9,11-15H,1-2H3,(H2,29,30,31). The molecule has 0 saturated heterocycles. The van der Waals surface area contributed by atoms with Crippen LogP contribution in [-0.2, 0) is 6.18 Å². The molecule has 4 aromatic rings. The number of H-pyrrole nitrogens is 1. The molecule has 0 saturated carbocycles. The van der Waals surface area contributed by atoms with Crippen molar-refractivity contribution in [3.8, 4) is 23.0 Å². The molecule has 0 aliphatic heterocycles. The van der Waals surface area contributed by atoms with Gasteiger partial charge in [0, 0.05) is 23.4 Å². The summed E-state index contributed by atoms with van der Waals surface area (Å²) in [5.74, 6) is 6.81. The van der Waals surface area contributed by atoms with Gasteiger partial charge in [0.05, 0.1) is 16.6 Å². The minimum absolute atomic E-state index is 0.274. The molecule has 0 fully saturated rings. The van der Waals surface area contributed by atoms with Gasteiger partial charge in [-0.25, -0.2) is 9.97 Å². The Morgan fingerprint density at radius 3 is 2.32 bits per heavy atom. The Morgan fingerprint density at radius 2 is 1.68 bits per heavy atom. The van der Waals surface area contributed by atoms with E-state index in [1.54, 1.807) is 18.3 Å². The van der Waals surface area contributed by atoms with Crippen LogP contribution in [0.4, 0.5) is 19.1 Å². The quantitative estimate of drug-likeness (QED) is 0.408. The first-order valence-electron chi connectivity index (χ1n) is 9.70. The Bertz CT molecular complexity index is 1260. The number of halogens is 3. The summed E-state index contributed by atoms with van der Waals surface area (Å²) in [6.45, 7) is 4.08. The van der Waals surface area contributed by atoms with Crippen molar-refractivity contribution in [1.82, 2.24) is 15.0 Å². The minimum Gasteiger partial charge on any atom is -0.354 e. The lowest BCUT2D eigenvalue weighted by Crippen LogP contribution is -2.10. The summed E-state index contributed by atoms with van der Waals surface area (Å²) in [6.07, 6.45) is -2.74. The van der Waals surface area contributed by atoms with Gasteiger partial charge in [0.2, 0.25) is 5.95 Å². The van der Waals surface area contributed by atoms with Crippen molar-refractivity contribution >= 4 is 17.0 Å². The number of anilines is 1. The van der Waals surface area contributed by atoms with E-state index in [0.29, 0.717) is 11.3 Å². The van der Waals surface area contributed by atoms with Gasteiger partial charge in [-0.3, -0.25) is 0 Å². The lowest BCUT2D eigenvalue weighted by Gasteiger charge is -2.07. The van der Waals surface area contributed by atoms with Crippen molar-refractivity contribution in [2.75, 3.05) is 5.32 Å². The van der Waals surface area contributed by atoms with E-state index in [4.69, 9.17) is 0 Å². The van der Waals surface area contributed by atoms with Gasteiger partial charge in [-0.2, -0.15) is 13.2 Å². The molecule has 4 nitrogen and oxygen atoms in total. The van der Waals surface area contributed by atoms with Crippen molar-refractivity contribution in [2.24, 2.45) is 0 Å². The van der Waals surface area contributed by atoms with E-state index in [9.17, 15) is 13.2 Å². The lowest BCUT2D eigenvalue weighted by molar-refractivity contribution is -0.137. The Hall–Kier alpha value is -3.79. The van der Waals surface area contributed by atoms with Crippen molar-refractivity contribution < 1.29 is 13.2 Å². The molecule has 0 amide bonds. The first-order valence-corrected chi connectivity index (χ1v) is 9.70. The normalized spacial score (nSPS) is 11.4. The molecule has 0 bridgehead atoms. The highest BCUT2D eigenvalue weighted by Gasteiger charge is 2.29. The number of benzene rings is 2. The Morgan fingerprint density at radius 1 is 0.935 bits per heavy atom. The number of nitrogens with one attached hydrogen (secondary N) is 2. The molecular formula is C24H19F3N4. The maximum atomic E-state index is 12.7. The Labute approximate surface area is 177 Å². The van der Waals surface area contributed by atoms with E-state index < -0.39 is 11.7 Å². The second kappa shape index (κ2) is 8.15. The molecule has 2 N–H and O–H groups in total. The van der Waals surface area contributed by atoms with E-state index >= 15 is 0 Å². The summed E-state index contributed by atoms with van der Waals surface area (Å²) in [6, 6.07) is 14.6. The number of rotatable bonds is 3. The summed E-state index contributed by atoms with van der Waals surface area (Å²) in [7, 11) is 0. The maximum Gasteiger partial charge on any atom is 0.416 e. The van der Waals surface area contributed by atoms with Gasteiger partial charge in [0.1, 0.15) is 5.69 Å². The summed E-state index contributed by atoms with van der Waals surface area (Å²) < 4.78 is 38.1. The highest BCUT2D eigenvalue weighted by atomic mass is 19.4. The topological polar surface area (TPSA) is 53.6 Å². The van der Waals surface area contributed by atoms with Gasteiger partial charge in [-0.1, -0.05) is 24.1 Å². The van der Waals surface area contributed by atoms with Crippen LogP contribution >= 0.6 is 0 Å². The van der Waals surface area contributed by atoms with Crippen molar-refractivity contribution in [3.63, 3.8) is 0 Å². The molecule has 2 aromatic carbocycles. The zero-order valence-electron chi connectivity index (χ0n) is 16.9. The predicted molar refractivity (Wildman–Crippen MR) is 116 cm³/mol. The maximum absolute atomic E-state index is 12.7. The number of aromatic amines is 1. The fourth-order valence-electron chi connectivity index (χ4n) is 3.06. The third kappa shape index (κ3) is 4.86. The summed E-state index contributed by atoms with van der Waals surface area (Å²) >= 11 is 0. The van der Waals surface area contributed by atoms with Gasteiger partial charge < -0.3 is 10.3 Å². The molecule has 0 unspecified atom stereocenters. The summed E-state index contributed by atoms with van der Waals surface area (Å²) in [5.41, 5.74) is 3.85. The van der Waals surface area contributed by atoms with Crippen LogP contribution < -0.4 is 5.32 Å². The Kier molecular flexibility index (Phi) is 5.38. The van der Waals surface area contributed by atoms with Gasteiger partial charge >= 0.3 is 6.18 Å². The smallest absolute Gasteiger partial charge is 0.354 e. The number of pyridine rings is 1. The fraction of sp³-hybridized carbons (Fsp3) is 0.167. The molecule has 31 heavy (non-hydrogen) atoms. The van der Waals surface area contributed by atoms with Crippen LogP contribution in [0.3, 0.4) is 0 Å². The first kappa shape index (κ1) is 20.5. The first-order chi connectivity index (χ1) is 14.8. The van der Waals surface area contributed by atoms with E-state index in [-0.39, 0.29) is 6.04 Å². The van der Waals surface area contributed by atoms with Crippen LogP contribution in [0.2, 0.25) is 0 Å². The molecular weight excluding hydrogens is 401 g/mol. The zero-order valence-corrected chi connectivity index (χ0v) is 16.9. The molecule has 2 heterocycles. The number of fused-ring (bicyclic) bond motifs is 1. The van der Waals surface area contributed by atoms with Crippen LogP contribution in [0, 0.1) is 11.8 Å². The van der Waals surface area contributed by atoms with E-state index in [1.165, 1.54) is 12.1 Å². The molecule has 0 radical (unpaired) electrons. The number of aromatic nitrogens is 3. The van der Waals surface area contributed by atoms with E-state index in [2.05, 4.69) is 32.1 Å². The number of hydrogen-bond donors (Lipinski definition) is 2. The predicted octanol–water partition coefficient (Wildman–Crippen LogP) is 5.86. The molecule has 7 heteroatoms. The van der Waals surface area contributed by atoms with Crippen LogP contribution in [0.1, 0.15) is 30.7 Å². The van der Waals surface area contributed by atoms with Gasteiger partial charge in [0.25, 0.3) is 0 Å². The molecule has 0 atom stereocenters. The largest absolute Gasteiger partial charge is 0.416 e. The van der Waals surface area contributed by atoms with Gasteiger partial charge in [0.15, 0.2) is 0 Å². The van der Waals surface area contributed by atoms with Crippen LogP contribution in [0.5, 0.6) is 0 Å². The average molecular weight is 420 g/mol. The van der Waals surface area contributed by atoms with E-state index in [0.717, 1.165) is 40.2 Å². The number of alkyl halides is 3. The number of imidazole rings is 1. The van der Waals surface area contributed by atoms with Crippen LogP contribution in [0.15, 0.2) is 60.8 Å². The summed E-state index contributed by atoms with van der Waals surface area (Å²) in [5, 5.41) is 3.23. The SMILES string of the molecule is CC(C)Nc1nc2ccc(C#Cc3ccc(-c4ccc(C(F)(F)F)cc4)cn3)cc2[nH]1. The van der Waals surface area contributed by atoms with Gasteiger partial charge in [-0.15, -0.1) is 0 Å². The van der Waals surface area contributed by atoms with Crippen molar-refractivity contribution in [2.45, 2.75) is 26.1 Å². The highest BCUT2D eigenvalue weighted by molar-refractivity contribution is 5.79. The monoisotopic (exact) mass is 420 g/mol. The second-order valence-electron chi connectivity index (χ2n) is 7.37. The lowest BCUT2D eigenvalue weighted by atomic mass is 10.1.